The van der Waals surface area contributed by atoms with E-state index in [1.807, 2.05) is 0 Å². The van der Waals surface area contributed by atoms with E-state index in [-0.39, 0.29) is 0 Å². The van der Waals surface area contributed by atoms with Crippen molar-refractivity contribution in [2.24, 2.45) is 0 Å². The van der Waals surface area contributed by atoms with Crippen LogP contribution < -0.4 is 0 Å². The van der Waals surface area contributed by atoms with Crippen LogP contribution in [0.2, 0.25) is 0 Å². The molecule has 0 unspecified atom stereocenters. The van der Waals surface area contributed by atoms with Gasteiger partial charge in [0, 0.05) is 7.11 Å². The van der Waals surface area contributed by atoms with Crippen LogP contribution in [-0.4, -0.2) is 18.3 Å². The molecular formula is C16H24O2. The average molecular weight is 248 g/mol. The second-order valence-electron chi connectivity index (χ2n) is 5.74. The molecule has 0 spiro atoms. The molecule has 1 aliphatic carbocycles. The molecule has 1 N–H and O–H groups in total. The fourth-order valence-corrected chi connectivity index (χ4v) is 2.77. The number of ether oxygens (including phenoxy) is 1. The summed E-state index contributed by atoms with van der Waals surface area (Å²) in [5.41, 5.74) is 1.74. The molecule has 0 atom stereocenters. The predicted molar refractivity (Wildman–Crippen MR) is 73.7 cm³/mol. The molecule has 0 aromatic heterocycles. The number of hydrogen-bond acceptors (Lipinski definition) is 2. The first-order valence-electron chi connectivity index (χ1n) is 6.91. The molecule has 100 valence electrons. The number of aliphatic hydroxyl groups is 1. The number of hydrogen-bond donors (Lipinski definition) is 1. The molecular weight excluding hydrogens is 224 g/mol. The Hall–Kier alpha value is -0.860. The maximum Gasteiger partial charge on any atom is 0.0898 e. The zero-order chi connectivity index (χ0) is 13.2. The van der Waals surface area contributed by atoms with Crippen LogP contribution in [0.15, 0.2) is 24.3 Å². The maximum absolute atomic E-state index is 10.7. The van der Waals surface area contributed by atoms with Crippen molar-refractivity contribution in [2.75, 3.05) is 7.11 Å². The van der Waals surface area contributed by atoms with Gasteiger partial charge in [0.15, 0.2) is 0 Å². The third-order valence-electron chi connectivity index (χ3n) is 4.21. The van der Waals surface area contributed by atoms with E-state index < -0.39 is 5.60 Å². The minimum Gasteiger partial charge on any atom is -0.385 e. The van der Waals surface area contributed by atoms with Crippen molar-refractivity contribution in [3.63, 3.8) is 0 Å². The highest BCUT2D eigenvalue weighted by molar-refractivity contribution is 5.29. The Kier molecular flexibility index (Phi) is 4.08. The summed E-state index contributed by atoms with van der Waals surface area (Å²) in [5.74, 6) is 0.540. The third-order valence-corrected chi connectivity index (χ3v) is 4.21. The lowest BCUT2D eigenvalue weighted by Crippen LogP contribution is -2.33. The molecule has 18 heavy (non-hydrogen) atoms. The third kappa shape index (κ3) is 2.76. The summed E-state index contributed by atoms with van der Waals surface area (Å²) in [5, 5.41) is 10.7. The summed E-state index contributed by atoms with van der Waals surface area (Å²) < 4.78 is 5.36. The van der Waals surface area contributed by atoms with E-state index in [4.69, 9.17) is 4.74 Å². The summed E-state index contributed by atoms with van der Waals surface area (Å²) in [6.45, 7) is 4.38. The zero-order valence-electron chi connectivity index (χ0n) is 11.6. The second-order valence-corrected chi connectivity index (χ2v) is 5.74. The zero-order valence-corrected chi connectivity index (χ0v) is 11.6. The van der Waals surface area contributed by atoms with Crippen LogP contribution in [0.1, 0.15) is 56.6 Å². The average Bonchev–Trinajstić information content (AvgIpc) is 2.40. The molecule has 0 heterocycles. The molecule has 1 aliphatic rings. The van der Waals surface area contributed by atoms with Gasteiger partial charge in [0.1, 0.15) is 0 Å². The van der Waals surface area contributed by atoms with Gasteiger partial charge >= 0.3 is 0 Å². The van der Waals surface area contributed by atoms with Crippen molar-refractivity contribution in [2.45, 2.75) is 57.2 Å². The quantitative estimate of drug-likeness (QED) is 0.886. The van der Waals surface area contributed by atoms with E-state index in [0.29, 0.717) is 12.0 Å². The lowest BCUT2D eigenvalue weighted by molar-refractivity contribution is -0.0474. The lowest BCUT2D eigenvalue weighted by Gasteiger charge is -2.36. The van der Waals surface area contributed by atoms with Crippen molar-refractivity contribution in [3.05, 3.63) is 35.4 Å². The molecule has 1 aromatic carbocycles. The Morgan fingerprint density at radius 1 is 1.17 bits per heavy atom. The van der Waals surface area contributed by atoms with Crippen LogP contribution in [0.25, 0.3) is 0 Å². The minimum atomic E-state index is -0.648. The molecule has 1 saturated carbocycles. The summed E-state index contributed by atoms with van der Waals surface area (Å²) in [7, 11) is 1.76. The van der Waals surface area contributed by atoms with Gasteiger partial charge in [-0.15, -0.1) is 0 Å². The summed E-state index contributed by atoms with van der Waals surface area (Å²) in [6, 6.07) is 8.45. The van der Waals surface area contributed by atoms with E-state index >= 15 is 0 Å². The van der Waals surface area contributed by atoms with E-state index in [2.05, 4.69) is 38.1 Å². The van der Waals surface area contributed by atoms with E-state index in [1.54, 1.807) is 7.11 Å². The van der Waals surface area contributed by atoms with Crippen molar-refractivity contribution in [3.8, 4) is 0 Å². The number of methoxy groups -OCH3 is 1. The fourth-order valence-electron chi connectivity index (χ4n) is 2.77. The molecule has 0 radical (unpaired) electrons. The SMILES string of the molecule is COC1CCC(O)(c2ccc(C(C)C)cc2)CC1. The maximum atomic E-state index is 10.7. The van der Waals surface area contributed by atoms with Gasteiger partial charge < -0.3 is 9.84 Å². The number of rotatable bonds is 3. The van der Waals surface area contributed by atoms with Crippen LogP contribution in [0, 0.1) is 0 Å². The van der Waals surface area contributed by atoms with Gasteiger partial charge in [-0.25, -0.2) is 0 Å². The topological polar surface area (TPSA) is 29.5 Å². The monoisotopic (exact) mass is 248 g/mol. The van der Waals surface area contributed by atoms with Gasteiger partial charge in [-0.1, -0.05) is 38.1 Å². The molecule has 2 rings (SSSR count). The van der Waals surface area contributed by atoms with Gasteiger partial charge in [0.2, 0.25) is 0 Å². The van der Waals surface area contributed by atoms with Crippen LogP contribution in [0.4, 0.5) is 0 Å². The van der Waals surface area contributed by atoms with E-state index in [0.717, 1.165) is 31.2 Å². The fraction of sp³-hybridized carbons (Fsp3) is 0.625. The molecule has 2 heteroatoms. The largest absolute Gasteiger partial charge is 0.385 e. The minimum absolute atomic E-state index is 0.320. The number of benzene rings is 1. The molecule has 0 saturated heterocycles. The van der Waals surface area contributed by atoms with Gasteiger partial charge in [0.05, 0.1) is 11.7 Å². The van der Waals surface area contributed by atoms with Crippen LogP contribution >= 0.6 is 0 Å². The first kappa shape index (κ1) is 13.6. The summed E-state index contributed by atoms with van der Waals surface area (Å²) in [4.78, 5) is 0. The van der Waals surface area contributed by atoms with Crippen molar-refractivity contribution in [1.82, 2.24) is 0 Å². The first-order chi connectivity index (χ1) is 8.55. The molecule has 0 amide bonds. The van der Waals surface area contributed by atoms with Crippen molar-refractivity contribution >= 4 is 0 Å². The molecule has 1 fully saturated rings. The Labute approximate surface area is 110 Å². The molecule has 2 nitrogen and oxygen atoms in total. The summed E-state index contributed by atoms with van der Waals surface area (Å²) >= 11 is 0. The standard InChI is InChI=1S/C16H24O2/c1-12(2)13-4-6-14(7-5-13)16(17)10-8-15(18-3)9-11-16/h4-7,12,15,17H,8-11H2,1-3H3. The highest BCUT2D eigenvalue weighted by atomic mass is 16.5. The smallest absolute Gasteiger partial charge is 0.0898 e. The second kappa shape index (κ2) is 5.41. The van der Waals surface area contributed by atoms with Gasteiger partial charge in [-0.3, -0.25) is 0 Å². The molecule has 0 aliphatic heterocycles. The predicted octanol–water partition coefficient (Wildman–Crippen LogP) is 3.59. The van der Waals surface area contributed by atoms with Gasteiger partial charge in [-0.05, 0) is 42.7 Å². The van der Waals surface area contributed by atoms with Gasteiger partial charge in [-0.2, -0.15) is 0 Å². The Morgan fingerprint density at radius 2 is 1.72 bits per heavy atom. The first-order valence-corrected chi connectivity index (χ1v) is 6.91. The highest BCUT2D eigenvalue weighted by Gasteiger charge is 2.34. The van der Waals surface area contributed by atoms with E-state index in [1.165, 1.54) is 5.56 Å². The Bertz CT molecular complexity index is 373. The summed E-state index contributed by atoms with van der Waals surface area (Å²) in [6.07, 6.45) is 3.80. The van der Waals surface area contributed by atoms with Crippen LogP contribution in [-0.2, 0) is 10.3 Å². The Morgan fingerprint density at radius 3 is 2.17 bits per heavy atom. The normalized spacial score (nSPS) is 28.6. The van der Waals surface area contributed by atoms with Gasteiger partial charge in [0.25, 0.3) is 0 Å². The van der Waals surface area contributed by atoms with Crippen molar-refractivity contribution < 1.29 is 9.84 Å². The lowest BCUT2D eigenvalue weighted by atomic mass is 9.78. The van der Waals surface area contributed by atoms with Crippen molar-refractivity contribution in [1.29, 1.82) is 0 Å². The highest BCUT2D eigenvalue weighted by Crippen LogP contribution is 2.38. The van der Waals surface area contributed by atoms with Crippen LogP contribution in [0.5, 0.6) is 0 Å². The van der Waals surface area contributed by atoms with Crippen LogP contribution in [0.3, 0.4) is 0 Å². The Balaban J connectivity index is 2.11. The van der Waals surface area contributed by atoms with E-state index in [9.17, 15) is 5.11 Å². The molecule has 1 aromatic rings. The molecule has 0 bridgehead atoms.